The molecule has 4 nitrogen and oxygen atoms in total. The van der Waals surface area contributed by atoms with Gasteiger partial charge in [-0.05, 0) is 42.4 Å². The van der Waals surface area contributed by atoms with Crippen molar-refractivity contribution in [1.29, 1.82) is 0 Å². The molecule has 1 saturated heterocycles. The van der Waals surface area contributed by atoms with Gasteiger partial charge in [0, 0.05) is 13.1 Å². The molecule has 0 saturated carbocycles. The Morgan fingerprint density at radius 3 is 2.32 bits per heavy atom. The molecule has 0 bridgehead atoms. The molecule has 1 aromatic carbocycles. The van der Waals surface area contributed by atoms with Gasteiger partial charge in [0.15, 0.2) is 0 Å². The number of carbonyl (C=O) groups is 1. The van der Waals surface area contributed by atoms with E-state index in [9.17, 15) is 4.79 Å². The van der Waals surface area contributed by atoms with Crippen molar-refractivity contribution in [1.82, 2.24) is 0 Å². The van der Waals surface area contributed by atoms with E-state index in [1.807, 2.05) is 12.1 Å². The normalized spacial score (nSPS) is 16.5. The van der Waals surface area contributed by atoms with E-state index in [1.54, 1.807) is 13.2 Å². The van der Waals surface area contributed by atoms with Crippen LogP contribution < -0.4 is 9.64 Å². The van der Waals surface area contributed by atoms with Gasteiger partial charge >= 0.3 is 5.97 Å². The Kier molecular flexibility index (Phi) is 4.99. The third kappa shape index (κ3) is 3.54. The summed E-state index contributed by atoms with van der Waals surface area (Å²) in [5, 5.41) is 0. The summed E-state index contributed by atoms with van der Waals surface area (Å²) in [7, 11) is 3.07. The summed E-state index contributed by atoms with van der Waals surface area (Å²) in [6, 6.07) is 5.47. The first-order chi connectivity index (χ1) is 10.4. The minimum Gasteiger partial charge on any atom is -0.495 e. The van der Waals surface area contributed by atoms with Crippen molar-refractivity contribution in [3.8, 4) is 5.75 Å². The smallest absolute Gasteiger partial charge is 0.337 e. The van der Waals surface area contributed by atoms with Crippen molar-refractivity contribution < 1.29 is 14.3 Å². The van der Waals surface area contributed by atoms with Crippen LogP contribution in [0, 0.1) is 11.3 Å². The Hall–Kier alpha value is -1.71. The lowest BCUT2D eigenvalue weighted by molar-refractivity contribution is 0.0600. The molecule has 4 heteroatoms. The van der Waals surface area contributed by atoms with E-state index in [2.05, 4.69) is 25.7 Å². The van der Waals surface area contributed by atoms with Gasteiger partial charge in [-0.25, -0.2) is 4.79 Å². The number of methoxy groups -OCH3 is 2. The zero-order chi connectivity index (χ0) is 16.3. The molecule has 1 aliphatic heterocycles. The summed E-state index contributed by atoms with van der Waals surface area (Å²) in [6.45, 7) is 8.91. The molecule has 2 rings (SSSR count). The summed E-state index contributed by atoms with van der Waals surface area (Å²) in [5.41, 5.74) is 1.90. The van der Waals surface area contributed by atoms with E-state index in [0.717, 1.165) is 43.3 Å². The molecule has 0 amide bonds. The summed E-state index contributed by atoms with van der Waals surface area (Å²) < 4.78 is 10.3. The van der Waals surface area contributed by atoms with Crippen molar-refractivity contribution >= 4 is 11.7 Å². The second-order valence-corrected chi connectivity index (χ2v) is 7.01. The van der Waals surface area contributed by atoms with Gasteiger partial charge in [-0.15, -0.1) is 0 Å². The summed E-state index contributed by atoms with van der Waals surface area (Å²) in [5.74, 6) is 1.23. The molecule has 1 aliphatic rings. The topological polar surface area (TPSA) is 38.8 Å². The van der Waals surface area contributed by atoms with Gasteiger partial charge in [0.05, 0.1) is 25.5 Å². The average Bonchev–Trinajstić information content (AvgIpc) is 2.52. The predicted octanol–water partition coefficient (Wildman–Crippen LogP) is 3.74. The van der Waals surface area contributed by atoms with E-state index < -0.39 is 0 Å². The molecule has 1 heterocycles. The first-order valence-corrected chi connectivity index (χ1v) is 7.88. The highest BCUT2D eigenvalue weighted by molar-refractivity contribution is 5.91. The van der Waals surface area contributed by atoms with Crippen LogP contribution in [-0.4, -0.2) is 33.3 Å². The number of carbonyl (C=O) groups excluding carboxylic acids is 1. The van der Waals surface area contributed by atoms with Crippen LogP contribution in [0.5, 0.6) is 5.75 Å². The van der Waals surface area contributed by atoms with Crippen molar-refractivity contribution in [2.75, 3.05) is 32.2 Å². The third-order valence-electron chi connectivity index (χ3n) is 4.66. The SMILES string of the molecule is COC(=O)c1ccc(OC)c(N2CCC(C(C)(C)C)CC2)c1. The molecule has 1 aromatic rings. The molecule has 22 heavy (non-hydrogen) atoms. The Morgan fingerprint density at radius 1 is 1.18 bits per heavy atom. The summed E-state index contributed by atoms with van der Waals surface area (Å²) in [6.07, 6.45) is 2.32. The number of nitrogens with zero attached hydrogens (tertiary/aromatic N) is 1. The number of rotatable bonds is 3. The van der Waals surface area contributed by atoms with Crippen LogP contribution in [0.2, 0.25) is 0 Å². The zero-order valence-electron chi connectivity index (χ0n) is 14.3. The fourth-order valence-corrected chi connectivity index (χ4v) is 3.17. The van der Waals surface area contributed by atoms with Crippen LogP contribution in [0.25, 0.3) is 0 Å². The van der Waals surface area contributed by atoms with Crippen molar-refractivity contribution in [2.45, 2.75) is 33.6 Å². The molecule has 0 spiro atoms. The van der Waals surface area contributed by atoms with Crippen LogP contribution in [-0.2, 0) is 4.74 Å². The van der Waals surface area contributed by atoms with E-state index >= 15 is 0 Å². The lowest BCUT2D eigenvalue weighted by Gasteiger charge is -2.40. The lowest BCUT2D eigenvalue weighted by Crippen LogP contribution is -2.38. The third-order valence-corrected chi connectivity index (χ3v) is 4.66. The minimum absolute atomic E-state index is 0.312. The Morgan fingerprint density at radius 2 is 1.82 bits per heavy atom. The van der Waals surface area contributed by atoms with Gasteiger partial charge in [-0.2, -0.15) is 0 Å². The highest BCUT2D eigenvalue weighted by Crippen LogP contribution is 2.38. The molecule has 0 aliphatic carbocycles. The zero-order valence-corrected chi connectivity index (χ0v) is 14.3. The standard InChI is InChI=1S/C18H27NO3/c1-18(2,3)14-8-10-19(11-9-14)15-12-13(17(20)22-5)6-7-16(15)21-4/h6-7,12,14H,8-11H2,1-5H3. The Bertz CT molecular complexity index is 526. The van der Waals surface area contributed by atoms with E-state index in [1.165, 1.54) is 7.11 Å². The van der Waals surface area contributed by atoms with Gasteiger partial charge in [0.2, 0.25) is 0 Å². The molecular formula is C18H27NO3. The first-order valence-electron chi connectivity index (χ1n) is 7.88. The summed E-state index contributed by atoms with van der Waals surface area (Å²) >= 11 is 0. The van der Waals surface area contributed by atoms with Crippen molar-refractivity contribution in [2.24, 2.45) is 11.3 Å². The average molecular weight is 305 g/mol. The number of benzene rings is 1. The van der Waals surface area contributed by atoms with E-state index in [0.29, 0.717) is 11.0 Å². The first kappa shape index (κ1) is 16.7. The molecule has 1 fully saturated rings. The van der Waals surface area contributed by atoms with Gasteiger partial charge in [0.1, 0.15) is 5.75 Å². The maximum atomic E-state index is 11.8. The molecule has 0 unspecified atom stereocenters. The maximum absolute atomic E-state index is 11.8. The molecular weight excluding hydrogens is 278 g/mol. The predicted molar refractivity (Wildman–Crippen MR) is 88.7 cm³/mol. The second kappa shape index (κ2) is 6.59. The summed E-state index contributed by atoms with van der Waals surface area (Å²) in [4.78, 5) is 14.1. The molecule has 122 valence electrons. The van der Waals surface area contributed by atoms with Crippen LogP contribution in [0.3, 0.4) is 0 Å². The van der Waals surface area contributed by atoms with Crippen LogP contribution >= 0.6 is 0 Å². The highest BCUT2D eigenvalue weighted by atomic mass is 16.5. The fraction of sp³-hybridized carbons (Fsp3) is 0.611. The van der Waals surface area contributed by atoms with Crippen LogP contribution in [0.1, 0.15) is 44.0 Å². The number of hydrogen-bond acceptors (Lipinski definition) is 4. The Labute approximate surface area is 133 Å². The number of anilines is 1. The quantitative estimate of drug-likeness (QED) is 0.797. The number of piperidine rings is 1. The molecule has 0 atom stereocenters. The maximum Gasteiger partial charge on any atom is 0.337 e. The number of hydrogen-bond donors (Lipinski definition) is 0. The van der Waals surface area contributed by atoms with Gasteiger partial charge in [-0.3, -0.25) is 0 Å². The molecule has 0 radical (unpaired) electrons. The van der Waals surface area contributed by atoms with Gasteiger partial charge in [-0.1, -0.05) is 20.8 Å². The van der Waals surface area contributed by atoms with Crippen molar-refractivity contribution in [3.05, 3.63) is 23.8 Å². The lowest BCUT2D eigenvalue weighted by atomic mass is 9.75. The van der Waals surface area contributed by atoms with Gasteiger partial charge < -0.3 is 14.4 Å². The highest BCUT2D eigenvalue weighted by Gasteiger charge is 2.29. The van der Waals surface area contributed by atoms with E-state index in [4.69, 9.17) is 9.47 Å². The second-order valence-electron chi connectivity index (χ2n) is 7.01. The van der Waals surface area contributed by atoms with Gasteiger partial charge in [0.25, 0.3) is 0 Å². The fourth-order valence-electron chi connectivity index (χ4n) is 3.17. The molecule has 0 N–H and O–H groups in total. The monoisotopic (exact) mass is 305 g/mol. The number of ether oxygens (including phenoxy) is 2. The number of esters is 1. The van der Waals surface area contributed by atoms with Crippen molar-refractivity contribution in [3.63, 3.8) is 0 Å². The largest absolute Gasteiger partial charge is 0.495 e. The van der Waals surface area contributed by atoms with Crippen LogP contribution in [0.4, 0.5) is 5.69 Å². The Balaban J connectivity index is 2.20. The van der Waals surface area contributed by atoms with Crippen LogP contribution in [0.15, 0.2) is 18.2 Å². The van der Waals surface area contributed by atoms with E-state index in [-0.39, 0.29) is 5.97 Å². The minimum atomic E-state index is -0.312. The molecule has 0 aromatic heterocycles.